The van der Waals surface area contributed by atoms with Crippen LogP contribution in [0.2, 0.25) is 0 Å². The largest absolute Gasteiger partial charge is 0.318 e. The van der Waals surface area contributed by atoms with Crippen LogP contribution in [0.3, 0.4) is 0 Å². The minimum Gasteiger partial charge on any atom is -0.315 e. The maximum Gasteiger partial charge on any atom is 0.318 e. The molecule has 0 aliphatic rings. The van der Waals surface area contributed by atoms with Gasteiger partial charge in [0.25, 0.3) is 0 Å². The molecule has 0 bridgehead atoms. The molecule has 144 valence electrons. The Balaban J connectivity index is 0.000000640. The smallest absolute Gasteiger partial charge is 0.315 e. The molecule has 2 aromatic heterocycles. The molecular formula is C21H21FN4O2. The molecule has 7 heteroatoms. The van der Waals surface area contributed by atoms with E-state index in [1.54, 1.807) is 24.3 Å². The monoisotopic (exact) mass is 380 g/mol. The number of aromatic amines is 1. The third-order valence-corrected chi connectivity index (χ3v) is 3.77. The molecule has 0 saturated carbocycles. The highest BCUT2D eigenvalue weighted by atomic mass is 19.1. The summed E-state index contributed by atoms with van der Waals surface area (Å²) in [6.07, 6.45) is 6.79. The summed E-state index contributed by atoms with van der Waals surface area (Å²) in [5, 5.41) is 0. The second-order valence-corrected chi connectivity index (χ2v) is 5.63. The number of halogens is 1. The molecule has 0 radical (unpaired) electrons. The van der Waals surface area contributed by atoms with E-state index in [1.165, 1.54) is 29.1 Å². The molecule has 0 aliphatic heterocycles. The summed E-state index contributed by atoms with van der Waals surface area (Å²) < 4.78 is 14.3. The summed E-state index contributed by atoms with van der Waals surface area (Å²) in [7, 11) is 0. The van der Waals surface area contributed by atoms with Gasteiger partial charge in [0.2, 0.25) is 0 Å². The van der Waals surface area contributed by atoms with Crippen LogP contribution in [0.4, 0.5) is 4.39 Å². The van der Waals surface area contributed by atoms with Crippen LogP contribution >= 0.6 is 0 Å². The fraction of sp³-hybridized carbons (Fsp3) is 0.143. The van der Waals surface area contributed by atoms with Gasteiger partial charge in [-0.25, -0.2) is 9.37 Å². The van der Waals surface area contributed by atoms with E-state index in [0.29, 0.717) is 22.4 Å². The molecule has 1 N–H and O–H groups in total. The first kappa shape index (κ1) is 20.7. The van der Waals surface area contributed by atoms with Crippen molar-refractivity contribution in [2.75, 3.05) is 0 Å². The zero-order valence-corrected chi connectivity index (χ0v) is 15.7. The van der Waals surface area contributed by atoms with Gasteiger partial charge < -0.3 is 4.98 Å². The highest BCUT2D eigenvalue weighted by molar-refractivity contribution is 5.75. The van der Waals surface area contributed by atoms with E-state index < -0.39 is 11.1 Å². The highest BCUT2D eigenvalue weighted by Crippen LogP contribution is 2.19. The van der Waals surface area contributed by atoms with Gasteiger partial charge in [0.1, 0.15) is 5.82 Å². The molecular weight excluding hydrogens is 359 g/mol. The van der Waals surface area contributed by atoms with Crippen molar-refractivity contribution in [3.05, 3.63) is 87.9 Å². The molecule has 0 unspecified atom stereocenters. The van der Waals surface area contributed by atoms with Gasteiger partial charge in [-0.1, -0.05) is 18.7 Å². The first-order valence-corrected chi connectivity index (χ1v) is 8.61. The van der Waals surface area contributed by atoms with E-state index in [0.717, 1.165) is 0 Å². The van der Waals surface area contributed by atoms with Crippen LogP contribution < -0.4 is 11.1 Å². The zero-order chi connectivity index (χ0) is 20.5. The van der Waals surface area contributed by atoms with Gasteiger partial charge in [0.15, 0.2) is 5.65 Å². The fourth-order valence-electron chi connectivity index (χ4n) is 2.30. The summed E-state index contributed by atoms with van der Waals surface area (Å²) >= 11 is 0. The summed E-state index contributed by atoms with van der Waals surface area (Å²) in [6.45, 7) is 7.54. The lowest BCUT2D eigenvalue weighted by atomic mass is 10.1. The second-order valence-electron chi connectivity index (χ2n) is 5.63. The molecule has 2 heterocycles. The van der Waals surface area contributed by atoms with E-state index >= 15 is 0 Å². The number of aliphatic imine (C=N–C) groups is 1. The minimum atomic E-state index is -0.731. The minimum absolute atomic E-state index is 0.0884. The van der Waals surface area contributed by atoms with E-state index in [4.69, 9.17) is 0 Å². The van der Waals surface area contributed by atoms with Crippen LogP contribution in [-0.2, 0) is 6.54 Å². The number of aromatic nitrogens is 3. The topological polar surface area (TPSA) is 80.1 Å². The Morgan fingerprint density at radius 1 is 1.14 bits per heavy atom. The van der Waals surface area contributed by atoms with Crippen LogP contribution in [0.1, 0.15) is 13.8 Å². The van der Waals surface area contributed by atoms with Crippen LogP contribution in [0.25, 0.3) is 22.4 Å². The van der Waals surface area contributed by atoms with Gasteiger partial charge in [0.05, 0.1) is 17.8 Å². The van der Waals surface area contributed by atoms with Crippen molar-refractivity contribution in [1.82, 2.24) is 14.5 Å². The van der Waals surface area contributed by atoms with E-state index in [1.807, 2.05) is 26.0 Å². The Morgan fingerprint density at radius 3 is 2.43 bits per heavy atom. The van der Waals surface area contributed by atoms with Crippen molar-refractivity contribution in [2.45, 2.75) is 20.4 Å². The Morgan fingerprint density at radius 2 is 1.82 bits per heavy atom. The van der Waals surface area contributed by atoms with Crippen molar-refractivity contribution in [3.63, 3.8) is 0 Å². The molecule has 6 nitrogen and oxygen atoms in total. The molecule has 28 heavy (non-hydrogen) atoms. The maximum atomic E-state index is 13.1. The van der Waals surface area contributed by atoms with Crippen LogP contribution in [0.5, 0.6) is 0 Å². The molecule has 1 aromatic carbocycles. The van der Waals surface area contributed by atoms with Gasteiger partial charge in [-0.2, -0.15) is 0 Å². The number of hydrogen-bond acceptors (Lipinski definition) is 4. The lowest BCUT2D eigenvalue weighted by Gasteiger charge is -2.08. The summed E-state index contributed by atoms with van der Waals surface area (Å²) in [6, 6.07) is 9.20. The van der Waals surface area contributed by atoms with Crippen molar-refractivity contribution < 1.29 is 4.39 Å². The van der Waals surface area contributed by atoms with Crippen molar-refractivity contribution in [1.29, 1.82) is 0 Å². The van der Waals surface area contributed by atoms with Gasteiger partial charge in [-0.3, -0.25) is 19.1 Å². The Labute approximate surface area is 161 Å². The molecule has 0 fully saturated rings. The van der Waals surface area contributed by atoms with Crippen molar-refractivity contribution >= 4 is 17.4 Å². The van der Waals surface area contributed by atoms with E-state index in [-0.39, 0.29) is 12.4 Å². The second kappa shape index (κ2) is 9.91. The summed E-state index contributed by atoms with van der Waals surface area (Å²) in [4.78, 5) is 34.6. The molecule has 3 aromatic rings. The van der Waals surface area contributed by atoms with Gasteiger partial charge in [-0.15, -0.1) is 0 Å². The lowest BCUT2D eigenvalue weighted by Crippen LogP contribution is -2.37. The number of pyridine rings is 1. The highest BCUT2D eigenvalue weighted by Gasteiger charge is 2.10. The number of H-pyrrole nitrogens is 1. The quantitative estimate of drug-likeness (QED) is 0.426. The fourth-order valence-corrected chi connectivity index (χ4v) is 2.30. The number of hydrogen-bond donors (Lipinski definition) is 1. The van der Waals surface area contributed by atoms with Crippen LogP contribution in [0, 0.1) is 5.82 Å². The Kier molecular flexibility index (Phi) is 7.33. The predicted octanol–water partition coefficient (Wildman–Crippen LogP) is 3.69. The van der Waals surface area contributed by atoms with E-state index in [9.17, 15) is 14.0 Å². The van der Waals surface area contributed by atoms with Gasteiger partial charge >= 0.3 is 11.1 Å². The van der Waals surface area contributed by atoms with Gasteiger partial charge in [0, 0.05) is 18.0 Å². The molecule has 0 saturated heterocycles. The molecule has 0 atom stereocenters. The predicted molar refractivity (Wildman–Crippen MR) is 111 cm³/mol. The average molecular weight is 380 g/mol. The average Bonchev–Trinajstić information content (AvgIpc) is 2.71. The molecule has 0 aliphatic carbocycles. The van der Waals surface area contributed by atoms with Crippen LogP contribution in [0.15, 0.2) is 75.9 Å². The Bertz CT molecular complexity index is 1120. The van der Waals surface area contributed by atoms with Crippen molar-refractivity contribution in [3.8, 4) is 11.3 Å². The number of nitrogens with one attached hydrogen (secondary N) is 1. The standard InChI is InChI=1S/C17H13FN4O2.C4H8/c1-2-19-9-10-22-15-14(21-16(23)17(22)24)8-7-13(20-15)11-3-5-12(18)6-4-11;1-3-4-2/h2-9H,1,10H2,(H,21,23);3-4H,1-2H3/b;4-3-. The Hall–Kier alpha value is -3.61. The third kappa shape index (κ3) is 4.97. The third-order valence-electron chi connectivity index (χ3n) is 3.77. The first-order valence-electron chi connectivity index (χ1n) is 8.61. The zero-order valence-electron chi connectivity index (χ0n) is 15.7. The summed E-state index contributed by atoms with van der Waals surface area (Å²) in [5.41, 5.74) is 0.550. The number of fused-ring (bicyclic) bond motifs is 1. The van der Waals surface area contributed by atoms with E-state index in [2.05, 4.69) is 21.5 Å². The number of nitrogens with zero attached hydrogens (tertiary/aromatic N) is 3. The number of rotatable bonds is 4. The van der Waals surface area contributed by atoms with Crippen LogP contribution in [-0.4, -0.2) is 20.7 Å². The number of allylic oxidation sites excluding steroid dienone is 2. The first-order chi connectivity index (χ1) is 13.5. The van der Waals surface area contributed by atoms with Gasteiger partial charge in [-0.05, 0) is 50.2 Å². The normalized spacial score (nSPS) is 11.0. The molecule has 0 spiro atoms. The maximum absolute atomic E-state index is 13.1. The number of benzene rings is 1. The molecule has 3 rings (SSSR count). The summed E-state index contributed by atoms with van der Waals surface area (Å²) in [5.74, 6) is -0.346. The van der Waals surface area contributed by atoms with Crippen molar-refractivity contribution in [2.24, 2.45) is 4.99 Å². The lowest BCUT2D eigenvalue weighted by molar-refractivity contribution is 0.628. The molecule has 0 amide bonds. The SMILES string of the molecule is C/C=C\C.C=CN=CCn1c(=O)c(=O)[nH]c2ccc(-c3ccc(F)cc3)nc21.